The van der Waals surface area contributed by atoms with E-state index < -0.39 is 16.1 Å². The Balaban J connectivity index is 1.79. The molecule has 2 heterocycles. The number of fused-ring (bicyclic) bond motifs is 1. The molecule has 27 heavy (non-hydrogen) atoms. The van der Waals surface area contributed by atoms with E-state index >= 15 is 0 Å². The zero-order valence-corrected chi connectivity index (χ0v) is 16.9. The first-order valence-corrected chi connectivity index (χ1v) is 11.0. The third-order valence-corrected chi connectivity index (χ3v) is 6.45. The Labute approximate surface area is 161 Å². The SMILES string of the molecule is CC(C)[C@H](NS(=O)(=O)c1ccc2c(c1)OCCO2)C(=O)N1CCC[C@H](C)C1. The fourth-order valence-electron chi connectivity index (χ4n) is 3.48. The first-order valence-electron chi connectivity index (χ1n) is 9.48. The van der Waals surface area contributed by atoms with Gasteiger partial charge in [0.25, 0.3) is 0 Å². The van der Waals surface area contributed by atoms with Crippen molar-refractivity contribution in [3.63, 3.8) is 0 Å². The van der Waals surface area contributed by atoms with Crippen LogP contribution >= 0.6 is 0 Å². The van der Waals surface area contributed by atoms with Crippen LogP contribution < -0.4 is 14.2 Å². The van der Waals surface area contributed by atoms with Crippen LogP contribution in [0, 0.1) is 11.8 Å². The Bertz CT molecular complexity index is 793. The minimum absolute atomic E-state index is 0.0669. The van der Waals surface area contributed by atoms with Crippen molar-refractivity contribution in [3.05, 3.63) is 18.2 Å². The lowest BCUT2D eigenvalue weighted by molar-refractivity contribution is -0.135. The molecule has 1 saturated heterocycles. The van der Waals surface area contributed by atoms with E-state index in [0.29, 0.717) is 43.7 Å². The van der Waals surface area contributed by atoms with E-state index in [0.717, 1.165) is 12.8 Å². The Hall–Kier alpha value is -1.80. The van der Waals surface area contributed by atoms with Crippen LogP contribution in [0.25, 0.3) is 0 Å². The number of carbonyl (C=O) groups excluding carboxylic acids is 1. The topological polar surface area (TPSA) is 84.9 Å². The summed E-state index contributed by atoms with van der Waals surface area (Å²) in [7, 11) is -3.87. The van der Waals surface area contributed by atoms with Crippen molar-refractivity contribution in [2.24, 2.45) is 11.8 Å². The van der Waals surface area contributed by atoms with E-state index in [4.69, 9.17) is 9.47 Å². The summed E-state index contributed by atoms with van der Waals surface area (Å²) in [6.45, 7) is 7.99. The molecule has 1 amide bonds. The minimum atomic E-state index is -3.87. The molecule has 3 rings (SSSR count). The number of sulfonamides is 1. The molecule has 150 valence electrons. The number of rotatable bonds is 5. The van der Waals surface area contributed by atoms with Gasteiger partial charge < -0.3 is 14.4 Å². The number of nitrogens with zero attached hydrogens (tertiary/aromatic N) is 1. The van der Waals surface area contributed by atoms with Crippen molar-refractivity contribution in [1.82, 2.24) is 9.62 Å². The van der Waals surface area contributed by atoms with Gasteiger partial charge in [0, 0.05) is 19.2 Å². The van der Waals surface area contributed by atoms with E-state index in [9.17, 15) is 13.2 Å². The molecule has 1 aromatic rings. The normalized spacial score (nSPS) is 21.2. The van der Waals surface area contributed by atoms with Crippen molar-refractivity contribution in [3.8, 4) is 11.5 Å². The van der Waals surface area contributed by atoms with Gasteiger partial charge in [-0.1, -0.05) is 20.8 Å². The first kappa shape index (κ1) is 19.9. The maximum absolute atomic E-state index is 13.0. The van der Waals surface area contributed by atoms with Gasteiger partial charge in [-0.2, -0.15) is 4.72 Å². The van der Waals surface area contributed by atoms with Crippen molar-refractivity contribution >= 4 is 15.9 Å². The molecule has 0 bridgehead atoms. The number of carbonyl (C=O) groups is 1. The van der Waals surface area contributed by atoms with E-state index in [-0.39, 0.29) is 16.7 Å². The molecule has 1 fully saturated rings. The summed E-state index contributed by atoms with van der Waals surface area (Å²) in [5.74, 6) is 1.05. The Morgan fingerprint density at radius 1 is 1.22 bits per heavy atom. The van der Waals surface area contributed by atoms with Gasteiger partial charge in [0.1, 0.15) is 19.3 Å². The lowest BCUT2D eigenvalue weighted by Crippen LogP contribution is -2.53. The number of hydrogen-bond donors (Lipinski definition) is 1. The molecule has 0 unspecified atom stereocenters. The molecule has 0 aromatic heterocycles. The summed E-state index contributed by atoms with van der Waals surface area (Å²) in [5, 5.41) is 0. The summed E-state index contributed by atoms with van der Waals surface area (Å²) in [6.07, 6.45) is 2.05. The fourth-order valence-corrected chi connectivity index (χ4v) is 4.84. The molecule has 8 heteroatoms. The second kappa shape index (κ2) is 8.06. The number of piperidine rings is 1. The highest BCUT2D eigenvalue weighted by molar-refractivity contribution is 7.89. The molecule has 0 radical (unpaired) electrons. The van der Waals surface area contributed by atoms with Crippen molar-refractivity contribution in [2.45, 2.75) is 44.6 Å². The first-order chi connectivity index (χ1) is 12.8. The average molecular weight is 397 g/mol. The van der Waals surface area contributed by atoms with Gasteiger partial charge in [0.05, 0.1) is 4.90 Å². The number of amides is 1. The third kappa shape index (κ3) is 4.55. The van der Waals surface area contributed by atoms with Gasteiger partial charge >= 0.3 is 0 Å². The fraction of sp³-hybridized carbons (Fsp3) is 0.632. The highest BCUT2D eigenvalue weighted by Crippen LogP contribution is 2.32. The largest absolute Gasteiger partial charge is 0.486 e. The Morgan fingerprint density at radius 2 is 1.93 bits per heavy atom. The molecule has 7 nitrogen and oxygen atoms in total. The predicted octanol–water partition coefficient (Wildman–Crippen LogP) is 2.02. The zero-order valence-electron chi connectivity index (χ0n) is 16.1. The van der Waals surface area contributed by atoms with Gasteiger partial charge in [0.15, 0.2) is 11.5 Å². The van der Waals surface area contributed by atoms with Crippen molar-refractivity contribution in [1.29, 1.82) is 0 Å². The molecule has 0 aliphatic carbocycles. The van der Waals surface area contributed by atoms with Gasteiger partial charge in [-0.25, -0.2) is 8.42 Å². The van der Waals surface area contributed by atoms with Crippen LogP contribution in [0.4, 0.5) is 0 Å². The van der Waals surface area contributed by atoms with Crippen LogP contribution in [0.2, 0.25) is 0 Å². The molecule has 1 aromatic carbocycles. The molecule has 2 atom stereocenters. The minimum Gasteiger partial charge on any atom is -0.486 e. The second-order valence-corrected chi connectivity index (χ2v) is 9.39. The van der Waals surface area contributed by atoms with E-state index in [1.54, 1.807) is 11.0 Å². The van der Waals surface area contributed by atoms with Gasteiger partial charge in [0.2, 0.25) is 15.9 Å². The van der Waals surface area contributed by atoms with Crippen molar-refractivity contribution in [2.75, 3.05) is 26.3 Å². The van der Waals surface area contributed by atoms with Gasteiger partial charge in [-0.3, -0.25) is 4.79 Å². The maximum Gasteiger partial charge on any atom is 0.241 e. The van der Waals surface area contributed by atoms with Crippen LogP contribution in [0.15, 0.2) is 23.1 Å². The van der Waals surface area contributed by atoms with E-state index in [2.05, 4.69) is 11.6 Å². The van der Waals surface area contributed by atoms with E-state index in [1.807, 2.05) is 13.8 Å². The monoisotopic (exact) mass is 396 g/mol. The summed E-state index contributed by atoms with van der Waals surface area (Å²) in [4.78, 5) is 14.8. The maximum atomic E-state index is 13.0. The highest BCUT2D eigenvalue weighted by Gasteiger charge is 2.33. The summed E-state index contributed by atoms with van der Waals surface area (Å²) < 4.78 is 39.3. The number of ether oxygens (including phenoxy) is 2. The predicted molar refractivity (Wildman–Crippen MR) is 101 cm³/mol. The average Bonchev–Trinajstić information content (AvgIpc) is 2.65. The van der Waals surface area contributed by atoms with Crippen LogP contribution in [-0.4, -0.2) is 51.6 Å². The van der Waals surface area contributed by atoms with Gasteiger partial charge in [-0.15, -0.1) is 0 Å². The number of nitrogens with one attached hydrogen (secondary N) is 1. The third-order valence-electron chi connectivity index (χ3n) is 5.01. The zero-order chi connectivity index (χ0) is 19.6. The second-order valence-electron chi connectivity index (χ2n) is 7.68. The number of likely N-dealkylation sites (tertiary alicyclic amines) is 1. The smallest absolute Gasteiger partial charge is 0.241 e. The quantitative estimate of drug-likeness (QED) is 0.823. The molecule has 0 spiro atoms. The van der Waals surface area contributed by atoms with Crippen LogP contribution in [0.5, 0.6) is 11.5 Å². The molecule has 0 saturated carbocycles. The highest BCUT2D eigenvalue weighted by atomic mass is 32.2. The summed E-state index contributed by atoms with van der Waals surface area (Å²) >= 11 is 0. The summed E-state index contributed by atoms with van der Waals surface area (Å²) in [6, 6.07) is 3.71. The lowest BCUT2D eigenvalue weighted by atomic mass is 9.97. The Morgan fingerprint density at radius 3 is 2.59 bits per heavy atom. The standard InChI is InChI=1S/C19H28N2O5S/c1-13(2)18(19(22)21-8-4-5-14(3)12-21)20-27(23,24)15-6-7-16-17(11-15)26-10-9-25-16/h6-7,11,13-14,18,20H,4-5,8-10,12H2,1-3H3/t14-,18-/m0/s1. The van der Waals surface area contributed by atoms with Gasteiger partial charge in [-0.05, 0) is 36.8 Å². The number of benzene rings is 1. The summed E-state index contributed by atoms with van der Waals surface area (Å²) in [5.41, 5.74) is 0. The number of hydrogen-bond acceptors (Lipinski definition) is 5. The molecule has 2 aliphatic heterocycles. The van der Waals surface area contributed by atoms with Crippen LogP contribution in [-0.2, 0) is 14.8 Å². The molecular weight excluding hydrogens is 368 g/mol. The van der Waals surface area contributed by atoms with Crippen LogP contribution in [0.1, 0.15) is 33.6 Å². The lowest BCUT2D eigenvalue weighted by Gasteiger charge is -2.34. The molecule has 2 aliphatic rings. The van der Waals surface area contributed by atoms with Crippen LogP contribution in [0.3, 0.4) is 0 Å². The molecule has 1 N–H and O–H groups in total. The van der Waals surface area contributed by atoms with Crippen molar-refractivity contribution < 1.29 is 22.7 Å². The Kier molecular flexibility index (Phi) is 5.95. The van der Waals surface area contributed by atoms with E-state index in [1.165, 1.54) is 12.1 Å². The molecular formula is C19H28N2O5S.